The van der Waals surface area contributed by atoms with Crippen molar-refractivity contribution in [3.05, 3.63) is 88.6 Å². The van der Waals surface area contributed by atoms with Crippen LogP contribution in [0.2, 0.25) is 5.02 Å². The predicted molar refractivity (Wildman–Crippen MR) is 149 cm³/mol. The molecule has 0 atom stereocenters. The number of para-hydroxylation sites is 1. The van der Waals surface area contributed by atoms with Gasteiger partial charge in [-0.15, -0.1) is 0 Å². The first-order valence-corrected chi connectivity index (χ1v) is 13.2. The number of amides is 1. The summed E-state index contributed by atoms with van der Waals surface area (Å²) in [6, 6.07) is 23.5. The van der Waals surface area contributed by atoms with Crippen LogP contribution in [-0.4, -0.2) is 37.0 Å². The fourth-order valence-corrected chi connectivity index (χ4v) is 5.63. The van der Waals surface area contributed by atoms with Crippen molar-refractivity contribution in [1.29, 1.82) is 5.26 Å². The number of nitrogens with one attached hydrogen (secondary N) is 1. The Morgan fingerprint density at radius 3 is 2.55 bits per heavy atom. The molecule has 6 nitrogen and oxygen atoms in total. The van der Waals surface area contributed by atoms with Gasteiger partial charge >= 0.3 is 0 Å². The fraction of sp³-hybridized carbons (Fsp3) is 0.290. The molecule has 1 aromatic heterocycles. The highest BCUT2D eigenvalue weighted by molar-refractivity contribution is 6.38. The molecule has 1 saturated carbocycles. The number of nitriles is 1. The lowest BCUT2D eigenvalue weighted by Crippen LogP contribution is -2.44. The zero-order valence-corrected chi connectivity index (χ0v) is 22.3. The molecule has 194 valence electrons. The minimum atomic E-state index is -0.224. The monoisotopic (exact) mass is 527 g/mol. The Morgan fingerprint density at radius 1 is 1.08 bits per heavy atom. The summed E-state index contributed by atoms with van der Waals surface area (Å²) in [6.45, 7) is 0.343. The zero-order chi connectivity index (χ0) is 26.6. The average molecular weight is 528 g/mol. The molecule has 38 heavy (non-hydrogen) atoms. The number of halogens is 1. The third-order valence-electron chi connectivity index (χ3n) is 7.48. The molecule has 5 rings (SSSR count). The van der Waals surface area contributed by atoms with Gasteiger partial charge in [-0.25, -0.2) is 0 Å². The molecule has 0 aliphatic heterocycles. The van der Waals surface area contributed by atoms with Gasteiger partial charge in [-0.1, -0.05) is 41.9 Å². The van der Waals surface area contributed by atoms with Crippen LogP contribution >= 0.6 is 11.6 Å². The minimum absolute atomic E-state index is 0.0339. The standard InChI is InChI=1S/C31H30ClN3O3/c1-34-24-11-13-25(14-12-24)35(31(36)30-29(32)26-8-3-4-9-28(26)38-30)19-23-17-22(10-15-27(23)37-2)21-7-5-6-20(16-21)18-33/h3-10,15-17,24-25,34H,11-14,19H2,1-2H3. The van der Waals surface area contributed by atoms with Crippen LogP contribution in [0.1, 0.15) is 47.4 Å². The van der Waals surface area contributed by atoms with Crippen LogP contribution in [0, 0.1) is 11.3 Å². The molecule has 1 amide bonds. The van der Waals surface area contributed by atoms with Crippen molar-refractivity contribution in [2.24, 2.45) is 0 Å². The summed E-state index contributed by atoms with van der Waals surface area (Å²) in [6.07, 6.45) is 3.72. The third-order valence-corrected chi connectivity index (χ3v) is 7.86. The van der Waals surface area contributed by atoms with Crippen LogP contribution in [0.15, 0.2) is 71.1 Å². The summed E-state index contributed by atoms with van der Waals surface area (Å²) in [5, 5.41) is 13.8. The highest BCUT2D eigenvalue weighted by Crippen LogP contribution is 2.35. The molecule has 0 spiro atoms. The molecular formula is C31H30ClN3O3. The van der Waals surface area contributed by atoms with Gasteiger partial charge in [0.15, 0.2) is 0 Å². The van der Waals surface area contributed by atoms with Crippen LogP contribution in [0.4, 0.5) is 0 Å². The number of methoxy groups -OCH3 is 1. The maximum absolute atomic E-state index is 14.1. The number of hydrogen-bond acceptors (Lipinski definition) is 5. The van der Waals surface area contributed by atoms with Gasteiger partial charge in [0.05, 0.1) is 30.3 Å². The molecule has 1 N–H and O–H groups in total. The van der Waals surface area contributed by atoms with Gasteiger partial charge in [0.1, 0.15) is 11.3 Å². The van der Waals surface area contributed by atoms with Crippen molar-refractivity contribution in [1.82, 2.24) is 10.2 Å². The van der Waals surface area contributed by atoms with Gasteiger partial charge in [0.25, 0.3) is 5.91 Å². The number of fused-ring (bicyclic) bond motifs is 1. The Kier molecular flexibility index (Phi) is 7.69. The number of carbonyl (C=O) groups is 1. The van der Waals surface area contributed by atoms with E-state index in [1.165, 1.54) is 0 Å². The molecule has 0 radical (unpaired) electrons. The second-order valence-electron chi connectivity index (χ2n) is 9.69. The first-order chi connectivity index (χ1) is 18.5. The van der Waals surface area contributed by atoms with Gasteiger partial charge in [0, 0.05) is 23.0 Å². The van der Waals surface area contributed by atoms with E-state index < -0.39 is 0 Å². The number of benzene rings is 3. The zero-order valence-electron chi connectivity index (χ0n) is 21.5. The van der Waals surface area contributed by atoms with Crippen molar-refractivity contribution in [2.45, 2.75) is 44.3 Å². The molecular weight excluding hydrogens is 498 g/mol. The number of hydrogen-bond donors (Lipinski definition) is 1. The van der Waals surface area contributed by atoms with E-state index in [1.54, 1.807) is 13.2 Å². The SMILES string of the molecule is CNC1CCC(N(Cc2cc(-c3cccc(C#N)c3)ccc2OC)C(=O)c2oc3ccccc3c2Cl)CC1. The molecule has 4 aromatic rings. The smallest absolute Gasteiger partial charge is 0.291 e. The predicted octanol–water partition coefficient (Wildman–Crippen LogP) is 6.81. The third kappa shape index (κ3) is 5.13. The minimum Gasteiger partial charge on any atom is -0.496 e. The number of furan rings is 1. The van der Waals surface area contributed by atoms with E-state index in [0.717, 1.165) is 47.8 Å². The summed E-state index contributed by atoms with van der Waals surface area (Å²) < 4.78 is 11.7. The second kappa shape index (κ2) is 11.3. The van der Waals surface area contributed by atoms with Gasteiger partial charge in [-0.05, 0) is 80.3 Å². The Labute approximate surface area is 227 Å². The van der Waals surface area contributed by atoms with Gasteiger partial charge in [0.2, 0.25) is 5.76 Å². The average Bonchev–Trinajstić information content (AvgIpc) is 3.31. The highest BCUT2D eigenvalue weighted by Gasteiger charge is 2.33. The van der Waals surface area contributed by atoms with Crippen molar-refractivity contribution in [3.8, 4) is 22.9 Å². The lowest BCUT2D eigenvalue weighted by Gasteiger charge is -2.37. The lowest BCUT2D eigenvalue weighted by atomic mass is 9.89. The van der Waals surface area contributed by atoms with E-state index in [0.29, 0.717) is 34.5 Å². The summed E-state index contributed by atoms with van der Waals surface area (Å²) in [7, 11) is 3.62. The van der Waals surface area contributed by atoms with Crippen molar-refractivity contribution in [2.75, 3.05) is 14.2 Å². The van der Waals surface area contributed by atoms with Crippen molar-refractivity contribution in [3.63, 3.8) is 0 Å². The Morgan fingerprint density at radius 2 is 1.84 bits per heavy atom. The molecule has 1 aliphatic carbocycles. The van der Waals surface area contributed by atoms with Gasteiger partial charge in [-0.3, -0.25) is 4.79 Å². The summed E-state index contributed by atoms with van der Waals surface area (Å²) >= 11 is 6.67. The Balaban J connectivity index is 1.53. The summed E-state index contributed by atoms with van der Waals surface area (Å²) in [5.74, 6) is 0.640. The first kappa shape index (κ1) is 25.8. The largest absolute Gasteiger partial charge is 0.496 e. The maximum Gasteiger partial charge on any atom is 0.291 e. The summed E-state index contributed by atoms with van der Waals surface area (Å²) in [5.41, 5.74) is 3.95. The number of carbonyl (C=O) groups excluding carboxylic acids is 1. The topological polar surface area (TPSA) is 78.5 Å². The van der Waals surface area contributed by atoms with Crippen LogP contribution < -0.4 is 10.1 Å². The molecule has 0 bridgehead atoms. The quantitative estimate of drug-likeness (QED) is 0.286. The molecule has 1 aliphatic rings. The van der Waals surface area contributed by atoms with E-state index in [4.69, 9.17) is 20.8 Å². The van der Waals surface area contributed by atoms with E-state index >= 15 is 0 Å². The molecule has 3 aromatic carbocycles. The van der Waals surface area contributed by atoms with Crippen molar-refractivity contribution < 1.29 is 13.9 Å². The van der Waals surface area contributed by atoms with Crippen molar-refractivity contribution >= 4 is 28.5 Å². The Hall–Kier alpha value is -3.79. The van der Waals surface area contributed by atoms with Crippen LogP contribution in [0.5, 0.6) is 5.75 Å². The maximum atomic E-state index is 14.1. The molecule has 7 heteroatoms. The van der Waals surface area contributed by atoms with Crippen LogP contribution in [0.3, 0.4) is 0 Å². The molecule has 1 heterocycles. The number of nitrogens with zero attached hydrogens (tertiary/aromatic N) is 2. The Bertz CT molecular complexity index is 1500. The van der Waals surface area contributed by atoms with Gasteiger partial charge < -0.3 is 19.4 Å². The van der Waals surface area contributed by atoms with Crippen LogP contribution in [0.25, 0.3) is 22.1 Å². The van der Waals surface area contributed by atoms with Crippen LogP contribution in [-0.2, 0) is 6.54 Å². The normalized spacial score (nSPS) is 17.2. The first-order valence-electron chi connectivity index (χ1n) is 12.8. The second-order valence-corrected chi connectivity index (χ2v) is 10.1. The molecule has 0 unspecified atom stereocenters. The number of ether oxygens (including phenoxy) is 1. The number of rotatable bonds is 7. The lowest BCUT2D eigenvalue weighted by molar-refractivity contribution is 0.0570. The van der Waals surface area contributed by atoms with E-state index in [1.807, 2.05) is 72.6 Å². The molecule has 1 fully saturated rings. The van der Waals surface area contributed by atoms with E-state index in [9.17, 15) is 10.1 Å². The summed E-state index contributed by atoms with van der Waals surface area (Å²) in [4.78, 5) is 16.0. The molecule has 0 saturated heterocycles. The van der Waals surface area contributed by atoms with Gasteiger partial charge in [-0.2, -0.15) is 5.26 Å². The fourth-order valence-electron chi connectivity index (χ4n) is 5.36. The highest BCUT2D eigenvalue weighted by atomic mass is 35.5. The van der Waals surface area contributed by atoms with E-state index in [2.05, 4.69) is 11.4 Å². The van der Waals surface area contributed by atoms with E-state index in [-0.39, 0.29) is 17.7 Å².